The molecule has 0 radical (unpaired) electrons. The van der Waals surface area contributed by atoms with Crippen LogP contribution in [0.2, 0.25) is 0 Å². The van der Waals surface area contributed by atoms with Crippen molar-refractivity contribution in [3.05, 3.63) is 35.9 Å². The molecule has 3 rings (SSSR count). The van der Waals surface area contributed by atoms with Crippen molar-refractivity contribution < 1.29 is 19.1 Å². The minimum Gasteiger partial charge on any atom is -0.422 e. The van der Waals surface area contributed by atoms with Crippen LogP contribution in [0.1, 0.15) is 31.2 Å². The minimum absolute atomic E-state index is 0.342. The summed E-state index contributed by atoms with van der Waals surface area (Å²) >= 11 is 0. The summed E-state index contributed by atoms with van der Waals surface area (Å²) in [5, 5.41) is 0. The molecule has 0 unspecified atom stereocenters. The molecule has 1 saturated heterocycles. The lowest BCUT2D eigenvalue weighted by molar-refractivity contribution is -0.249. The van der Waals surface area contributed by atoms with Crippen LogP contribution in [0.4, 0.5) is 0 Å². The Labute approximate surface area is 111 Å². The number of benzene rings is 1. The van der Waals surface area contributed by atoms with Crippen LogP contribution in [-0.4, -0.2) is 17.7 Å². The van der Waals surface area contributed by atoms with E-state index in [0.29, 0.717) is 19.3 Å². The Morgan fingerprint density at radius 1 is 1.00 bits per heavy atom. The van der Waals surface area contributed by atoms with E-state index in [4.69, 9.17) is 9.47 Å². The lowest BCUT2D eigenvalue weighted by atomic mass is 9.98. The highest BCUT2D eigenvalue weighted by Crippen LogP contribution is 2.39. The summed E-state index contributed by atoms with van der Waals surface area (Å²) in [6.07, 6.45) is 3.47. The van der Waals surface area contributed by atoms with E-state index in [9.17, 15) is 9.59 Å². The summed E-state index contributed by atoms with van der Waals surface area (Å²) in [7, 11) is 0. The molecular formula is C15H16O4. The van der Waals surface area contributed by atoms with E-state index >= 15 is 0 Å². The molecule has 1 saturated carbocycles. The zero-order valence-electron chi connectivity index (χ0n) is 10.6. The van der Waals surface area contributed by atoms with E-state index < -0.39 is 23.6 Å². The maximum absolute atomic E-state index is 12.0. The summed E-state index contributed by atoms with van der Waals surface area (Å²) in [5.74, 6) is -2.67. The molecule has 0 bridgehead atoms. The number of ether oxygens (including phenoxy) is 2. The van der Waals surface area contributed by atoms with Crippen molar-refractivity contribution in [3.8, 4) is 0 Å². The lowest BCUT2D eigenvalue weighted by Gasteiger charge is -2.35. The minimum atomic E-state index is -0.957. The van der Waals surface area contributed by atoms with Gasteiger partial charge in [0.1, 0.15) is 0 Å². The Bertz CT molecular complexity index is 468. The Kier molecular flexibility index (Phi) is 3.01. The first-order valence-electron chi connectivity index (χ1n) is 6.68. The van der Waals surface area contributed by atoms with Crippen molar-refractivity contribution in [3.63, 3.8) is 0 Å². The van der Waals surface area contributed by atoms with Crippen LogP contribution in [0.3, 0.4) is 0 Å². The highest BCUT2D eigenvalue weighted by atomic mass is 16.7. The summed E-state index contributed by atoms with van der Waals surface area (Å²) in [6, 6.07) is 9.44. The molecule has 1 aromatic rings. The molecule has 0 atom stereocenters. The Morgan fingerprint density at radius 2 is 1.58 bits per heavy atom. The van der Waals surface area contributed by atoms with Crippen molar-refractivity contribution in [2.24, 2.45) is 5.92 Å². The highest BCUT2D eigenvalue weighted by molar-refractivity contribution is 5.97. The molecule has 0 amide bonds. The quantitative estimate of drug-likeness (QED) is 0.604. The SMILES string of the molecule is O=C1OC2(CCCC2)OC(=O)C1Cc1ccccc1. The summed E-state index contributed by atoms with van der Waals surface area (Å²) < 4.78 is 10.8. The molecule has 1 heterocycles. The van der Waals surface area contributed by atoms with Gasteiger partial charge in [0, 0.05) is 12.8 Å². The molecule has 1 aliphatic carbocycles. The maximum Gasteiger partial charge on any atom is 0.323 e. The molecule has 1 aromatic carbocycles. The van der Waals surface area contributed by atoms with Crippen molar-refractivity contribution in [1.82, 2.24) is 0 Å². The second-order valence-corrected chi connectivity index (χ2v) is 5.20. The molecule has 100 valence electrons. The molecule has 19 heavy (non-hydrogen) atoms. The number of hydrogen-bond donors (Lipinski definition) is 0. The standard InChI is InChI=1S/C15H16O4/c16-13-12(10-11-6-2-1-3-7-11)14(17)19-15(18-13)8-4-5-9-15/h1-3,6-7,12H,4-5,8-10H2. The van der Waals surface area contributed by atoms with Gasteiger partial charge in [-0.15, -0.1) is 0 Å². The van der Waals surface area contributed by atoms with Crippen LogP contribution in [0, 0.1) is 5.92 Å². The lowest BCUT2D eigenvalue weighted by Crippen LogP contribution is -2.48. The van der Waals surface area contributed by atoms with E-state index in [1.165, 1.54) is 0 Å². The largest absolute Gasteiger partial charge is 0.422 e. The summed E-state index contributed by atoms with van der Waals surface area (Å²) in [4.78, 5) is 24.1. The Morgan fingerprint density at radius 3 is 2.16 bits per heavy atom. The average molecular weight is 260 g/mol. The molecule has 2 fully saturated rings. The van der Waals surface area contributed by atoms with Gasteiger partial charge < -0.3 is 9.47 Å². The first-order valence-corrected chi connectivity index (χ1v) is 6.68. The fraction of sp³-hybridized carbons (Fsp3) is 0.467. The predicted molar refractivity (Wildman–Crippen MR) is 67.0 cm³/mol. The Balaban J connectivity index is 1.74. The smallest absolute Gasteiger partial charge is 0.323 e. The zero-order valence-corrected chi connectivity index (χ0v) is 10.6. The second-order valence-electron chi connectivity index (χ2n) is 5.20. The van der Waals surface area contributed by atoms with Gasteiger partial charge >= 0.3 is 11.9 Å². The zero-order chi connectivity index (χ0) is 13.3. The molecule has 0 N–H and O–H groups in total. The third-order valence-corrected chi connectivity index (χ3v) is 3.79. The number of carbonyl (C=O) groups is 2. The molecule has 1 spiro atoms. The van der Waals surface area contributed by atoms with Gasteiger partial charge in [-0.2, -0.15) is 0 Å². The molecule has 4 nitrogen and oxygen atoms in total. The van der Waals surface area contributed by atoms with Gasteiger partial charge in [0.2, 0.25) is 0 Å². The van der Waals surface area contributed by atoms with Crippen molar-refractivity contribution in [2.45, 2.75) is 37.9 Å². The molecule has 0 aromatic heterocycles. The van der Waals surface area contributed by atoms with Gasteiger partial charge in [-0.3, -0.25) is 9.59 Å². The van der Waals surface area contributed by atoms with Gasteiger partial charge in [-0.25, -0.2) is 0 Å². The third-order valence-electron chi connectivity index (χ3n) is 3.79. The van der Waals surface area contributed by atoms with E-state index in [-0.39, 0.29) is 0 Å². The number of esters is 2. The Hall–Kier alpha value is -1.84. The summed E-state index contributed by atoms with van der Waals surface area (Å²) in [5.41, 5.74) is 0.934. The van der Waals surface area contributed by atoms with Gasteiger partial charge in [0.25, 0.3) is 5.79 Å². The van der Waals surface area contributed by atoms with E-state index in [2.05, 4.69) is 0 Å². The monoisotopic (exact) mass is 260 g/mol. The van der Waals surface area contributed by atoms with E-state index in [0.717, 1.165) is 18.4 Å². The maximum atomic E-state index is 12.0. The van der Waals surface area contributed by atoms with Gasteiger partial charge in [0.15, 0.2) is 5.92 Å². The molecule has 1 aliphatic heterocycles. The third kappa shape index (κ3) is 2.35. The number of hydrogen-bond acceptors (Lipinski definition) is 4. The van der Waals surface area contributed by atoms with Crippen LogP contribution < -0.4 is 0 Å². The van der Waals surface area contributed by atoms with Crippen LogP contribution in [0.5, 0.6) is 0 Å². The van der Waals surface area contributed by atoms with Crippen LogP contribution in [-0.2, 0) is 25.5 Å². The van der Waals surface area contributed by atoms with Gasteiger partial charge in [-0.1, -0.05) is 30.3 Å². The van der Waals surface area contributed by atoms with Gasteiger partial charge in [0.05, 0.1) is 0 Å². The average Bonchev–Trinajstić information content (AvgIpc) is 2.83. The van der Waals surface area contributed by atoms with Crippen LogP contribution >= 0.6 is 0 Å². The topological polar surface area (TPSA) is 52.6 Å². The normalized spacial score (nSPS) is 22.3. The van der Waals surface area contributed by atoms with Crippen molar-refractivity contribution in [1.29, 1.82) is 0 Å². The fourth-order valence-electron chi connectivity index (χ4n) is 2.76. The summed E-state index contributed by atoms with van der Waals surface area (Å²) in [6.45, 7) is 0. The van der Waals surface area contributed by atoms with Crippen molar-refractivity contribution in [2.75, 3.05) is 0 Å². The second kappa shape index (κ2) is 4.68. The van der Waals surface area contributed by atoms with Gasteiger partial charge in [-0.05, 0) is 24.8 Å². The number of carbonyl (C=O) groups excluding carboxylic acids is 2. The fourth-order valence-corrected chi connectivity index (χ4v) is 2.76. The van der Waals surface area contributed by atoms with Crippen molar-refractivity contribution >= 4 is 11.9 Å². The van der Waals surface area contributed by atoms with E-state index in [1.807, 2.05) is 30.3 Å². The molecule has 2 aliphatic rings. The first kappa shape index (κ1) is 12.2. The number of rotatable bonds is 2. The van der Waals surface area contributed by atoms with Crippen LogP contribution in [0.25, 0.3) is 0 Å². The van der Waals surface area contributed by atoms with E-state index in [1.54, 1.807) is 0 Å². The first-order chi connectivity index (χ1) is 9.19. The highest BCUT2D eigenvalue weighted by Gasteiger charge is 2.50. The molecular weight excluding hydrogens is 244 g/mol. The predicted octanol–water partition coefficient (Wildman–Crippen LogP) is 2.22. The van der Waals surface area contributed by atoms with Crippen LogP contribution in [0.15, 0.2) is 30.3 Å². The molecule has 4 heteroatoms.